The Morgan fingerprint density at radius 1 is 1.28 bits per heavy atom. The van der Waals surface area contributed by atoms with Gasteiger partial charge in [-0.3, -0.25) is 4.90 Å². The fraction of sp³-hybridized carbons (Fsp3) is 1.00. The van der Waals surface area contributed by atoms with Gasteiger partial charge in [0.05, 0.1) is 18.8 Å². The van der Waals surface area contributed by atoms with Crippen molar-refractivity contribution in [1.82, 2.24) is 9.80 Å². The lowest BCUT2D eigenvalue weighted by atomic mass is 10.0. The topological polar surface area (TPSA) is 35.9 Å². The lowest BCUT2D eigenvalue weighted by Gasteiger charge is -2.42. The van der Waals surface area contributed by atoms with E-state index < -0.39 is 0 Å². The Hall–Kier alpha value is -0.160. The molecule has 4 nitrogen and oxygen atoms in total. The smallest absolute Gasteiger partial charge is 0.0674 e. The first-order valence-corrected chi connectivity index (χ1v) is 7.45. The zero-order valence-corrected chi connectivity index (χ0v) is 11.8. The molecule has 18 heavy (non-hydrogen) atoms. The molecular formula is C14H28N2O2. The van der Waals surface area contributed by atoms with Gasteiger partial charge in [0.15, 0.2) is 0 Å². The number of hydrogen-bond donors (Lipinski definition) is 1. The molecule has 2 fully saturated rings. The minimum atomic E-state index is -0.148. The van der Waals surface area contributed by atoms with E-state index in [0.29, 0.717) is 6.10 Å². The minimum Gasteiger partial charge on any atom is -0.392 e. The number of rotatable bonds is 4. The first-order valence-electron chi connectivity index (χ1n) is 7.45. The summed E-state index contributed by atoms with van der Waals surface area (Å²) in [5.74, 6) is 0. The van der Waals surface area contributed by atoms with Gasteiger partial charge in [0.25, 0.3) is 0 Å². The third kappa shape index (κ3) is 3.92. The number of piperidine rings is 1. The Morgan fingerprint density at radius 3 is 2.61 bits per heavy atom. The Bertz CT molecular complexity index is 242. The van der Waals surface area contributed by atoms with Crippen LogP contribution in [0.2, 0.25) is 0 Å². The molecule has 0 radical (unpaired) electrons. The summed E-state index contributed by atoms with van der Waals surface area (Å²) in [6, 6.07) is 0.728. The number of morpholine rings is 1. The molecule has 0 aliphatic carbocycles. The fourth-order valence-electron chi connectivity index (χ4n) is 3.07. The maximum Gasteiger partial charge on any atom is 0.0674 e. The monoisotopic (exact) mass is 256 g/mol. The number of hydrogen-bond acceptors (Lipinski definition) is 4. The molecule has 2 heterocycles. The second kappa shape index (κ2) is 6.85. The van der Waals surface area contributed by atoms with Crippen molar-refractivity contribution in [3.8, 4) is 0 Å². The maximum absolute atomic E-state index is 9.69. The molecule has 0 saturated carbocycles. The van der Waals surface area contributed by atoms with E-state index in [1.165, 1.54) is 12.8 Å². The number of likely N-dealkylation sites (tertiary alicyclic amines) is 1. The summed E-state index contributed by atoms with van der Waals surface area (Å²) in [5, 5.41) is 9.69. The van der Waals surface area contributed by atoms with Crippen molar-refractivity contribution >= 4 is 0 Å². The Labute approximate surface area is 111 Å². The van der Waals surface area contributed by atoms with Crippen LogP contribution in [0, 0.1) is 0 Å². The van der Waals surface area contributed by atoms with Gasteiger partial charge in [-0.25, -0.2) is 0 Å². The van der Waals surface area contributed by atoms with Crippen LogP contribution < -0.4 is 0 Å². The van der Waals surface area contributed by atoms with Gasteiger partial charge in [-0.1, -0.05) is 6.92 Å². The Balaban J connectivity index is 1.72. The van der Waals surface area contributed by atoms with E-state index in [1.807, 2.05) is 6.92 Å². The van der Waals surface area contributed by atoms with Gasteiger partial charge in [-0.05, 0) is 39.3 Å². The van der Waals surface area contributed by atoms with E-state index in [9.17, 15) is 5.11 Å². The molecule has 0 aromatic carbocycles. The summed E-state index contributed by atoms with van der Waals surface area (Å²) < 4.78 is 5.60. The van der Waals surface area contributed by atoms with Crippen molar-refractivity contribution in [3.05, 3.63) is 0 Å². The van der Waals surface area contributed by atoms with Crippen LogP contribution in [0.3, 0.4) is 0 Å². The van der Waals surface area contributed by atoms with Gasteiger partial charge < -0.3 is 14.7 Å². The molecule has 1 N–H and O–H groups in total. The highest BCUT2D eigenvalue weighted by atomic mass is 16.5. The number of nitrogens with zero attached hydrogens (tertiary/aromatic N) is 2. The molecule has 2 saturated heterocycles. The minimum absolute atomic E-state index is 0.148. The van der Waals surface area contributed by atoms with Crippen LogP contribution in [0.4, 0.5) is 0 Å². The predicted octanol–water partition coefficient (Wildman–Crippen LogP) is 0.942. The summed E-state index contributed by atoms with van der Waals surface area (Å²) in [5.41, 5.74) is 0. The molecule has 0 spiro atoms. The highest BCUT2D eigenvalue weighted by Crippen LogP contribution is 2.19. The largest absolute Gasteiger partial charge is 0.392 e. The van der Waals surface area contributed by atoms with Crippen LogP contribution in [-0.2, 0) is 4.74 Å². The highest BCUT2D eigenvalue weighted by molar-refractivity contribution is 4.83. The lowest BCUT2D eigenvalue weighted by Crippen LogP contribution is -2.51. The fourth-order valence-corrected chi connectivity index (χ4v) is 3.07. The van der Waals surface area contributed by atoms with Crippen LogP contribution in [0.1, 0.15) is 33.1 Å². The summed E-state index contributed by atoms with van der Waals surface area (Å²) >= 11 is 0. The maximum atomic E-state index is 9.69. The second-order valence-corrected chi connectivity index (χ2v) is 5.77. The molecular weight excluding hydrogens is 228 g/mol. The van der Waals surface area contributed by atoms with Gasteiger partial charge in [-0.2, -0.15) is 0 Å². The molecule has 0 aromatic heterocycles. The van der Waals surface area contributed by atoms with E-state index in [-0.39, 0.29) is 6.10 Å². The van der Waals surface area contributed by atoms with Crippen LogP contribution >= 0.6 is 0 Å². The summed E-state index contributed by atoms with van der Waals surface area (Å²) in [6.45, 7) is 10.4. The van der Waals surface area contributed by atoms with Crippen molar-refractivity contribution < 1.29 is 9.84 Å². The van der Waals surface area contributed by atoms with Crippen molar-refractivity contribution in [1.29, 1.82) is 0 Å². The van der Waals surface area contributed by atoms with E-state index in [0.717, 1.165) is 51.8 Å². The standard InChI is InChI=1S/C14H28N2O2/c1-3-14(17)11-15-6-4-13(5-7-15)16-8-9-18-12(2)10-16/h12-14,17H,3-11H2,1-2H3. The van der Waals surface area contributed by atoms with Gasteiger partial charge in [0.2, 0.25) is 0 Å². The average Bonchev–Trinajstić information content (AvgIpc) is 2.39. The quantitative estimate of drug-likeness (QED) is 0.812. The first-order chi connectivity index (χ1) is 8.69. The predicted molar refractivity (Wildman–Crippen MR) is 72.7 cm³/mol. The number of ether oxygens (including phenoxy) is 1. The van der Waals surface area contributed by atoms with Crippen LogP contribution in [0.5, 0.6) is 0 Å². The first kappa shape index (κ1) is 14.3. The molecule has 0 aromatic rings. The van der Waals surface area contributed by atoms with E-state index in [4.69, 9.17) is 4.74 Å². The third-order valence-corrected chi connectivity index (χ3v) is 4.29. The summed E-state index contributed by atoms with van der Waals surface area (Å²) in [4.78, 5) is 5.01. The van der Waals surface area contributed by atoms with E-state index >= 15 is 0 Å². The van der Waals surface area contributed by atoms with Crippen LogP contribution in [0.15, 0.2) is 0 Å². The van der Waals surface area contributed by atoms with Gasteiger partial charge in [0, 0.05) is 25.7 Å². The molecule has 106 valence electrons. The van der Waals surface area contributed by atoms with Crippen molar-refractivity contribution in [2.45, 2.75) is 51.4 Å². The number of β-amino-alcohol motifs (C(OH)–C–C–N with tert-alkyl or cyclic N) is 1. The number of aliphatic hydroxyl groups excluding tert-OH is 1. The van der Waals surface area contributed by atoms with E-state index in [1.54, 1.807) is 0 Å². The van der Waals surface area contributed by atoms with Crippen molar-refractivity contribution in [3.63, 3.8) is 0 Å². The van der Waals surface area contributed by atoms with Gasteiger partial charge in [-0.15, -0.1) is 0 Å². The van der Waals surface area contributed by atoms with E-state index in [2.05, 4.69) is 16.7 Å². The number of aliphatic hydroxyl groups is 1. The molecule has 2 aliphatic heterocycles. The summed E-state index contributed by atoms with van der Waals surface area (Å²) in [7, 11) is 0. The average molecular weight is 256 g/mol. The lowest BCUT2D eigenvalue weighted by molar-refractivity contribution is -0.0449. The van der Waals surface area contributed by atoms with Crippen molar-refractivity contribution in [2.24, 2.45) is 0 Å². The molecule has 2 rings (SSSR count). The molecule has 4 heteroatoms. The van der Waals surface area contributed by atoms with Crippen LogP contribution in [0.25, 0.3) is 0 Å². The zero-order valence-electron chi connectivity index (χ0n) is 11.8. The molecule has 2 atom stereocenters. The van der Waals surface area contributed by atoms with Crippen molar-refractivity contribution in [2.75, 3.05) is 39.3 Å². The van der Waals surface area contributed by atoms with Gasteiger partial charge >= 0.3 is 0 Å². The Morgan fingerprint density at radius 2 is 2.00 bits per heavy atom. The van der Waals surface area contributed by atoms with Gasteiger partial charge in [0.1, 0.15) is 0 Å². The Kier molecular flexibility index (Phi) is 5.42. The highest BCUT2D eigenvalue weighted by Gasteiger charge is 2.28. The molecule has 2 aliphatic rings. The zero-order chi connectivity index (χ0) is 13.0. The molecule has 0 amide bonds. The SMILES string of the molecule is CCC(O)CN1CCC(N2CCOC(C)C2)CC1. The third-order valence-electron chi connectivity index (χ3n) is 4.29. The summed E-state index contributed by atoms with van der Waals surface area (Å²) in [6.07, 6.45) is 3.58. The second-order valence-electron chi connectivity index (χ2n) is 5.77. The van der Waals surface area contributed by atoms with Crippen LogP contribution in [-0.4, -0.2) is 72.5 Å². The molecule has 2 unspecified atom stereocenters. The normalized spacial score (nSPS) is 30.5. The molecule has 0 bridgehead atoms.